The van der Waals surface area contributed by atoms with Crippen LogP contribution in [0.5, 0.6) is 0 Å². The number of anilines is 1. The van der Waals surface area contributed by atoms with Crippen molar-refractivity contribution in [3.8, 4) is 0 Å². The Hall–Kier alpha value is -2.61. The molecule has 138 valence electrons. The van der Waals surface area contributed by atoms with Gasteiger partial charge >= 0.3 is 0 Å². The van der Waals surface area contributed by atoms with E-state index in [0.717, 1.165) is 31.9 Å². The molecule has 26 heavy (non-hydrogen) atoms. The van der Waals surface area contributed by atoms with Gasteiger partial charge in [-0.1, -0.05) is 0 Å². The van der Waals surface area contributed by atoms with E-state index in [2.05, 4.69) is 30.2 Å². The number of hydrogen-bond donors (Lipinski definition) is 1. The van der Waals surface area contributed by atoms with Crippen LogP contribution in [0.3, 0.4) is 0 Å². The minimum absolute atomic E-state index is 0.0211. The number of hydrogen-bond acceptors (Lipinski definition) is 7. The van der Waals surface area contributed by atoms with E-state index in [0.29, 0.717) is 24.6 Å². The van der Waals surface area contributed by atoms with E-state index in [1.54, 1.807) is 31.0 Å². The summed E-state index contributed by atoms with van der Waals surface area (Å²) >= 11 is 0. The van der Waals surface area contributed by atoms with Gasteiger partial charge in [0.25, 0.3) is 5.91 Å². The van der Waals surface area contributed by atoms with Gasteiger partial charge in [-0.2, -0.15) is 0 Å². The van der Waals surface area contributed by atoms with E-state index in [1.165, 1.54) is 12.8 Å². The zero-order valence-corrected chi connectivity index (χ0v) is 15.1. The van der Waals surface area contributed by atoms with Crippen LogP contribution in [0.25, 0.3) is 0 Å². The summed E-state index contributed by atoms with van der Waals surface area (Å²) in [6.45, 7) is 7.11. The Bertz CT molecular complexity index is 686. The first-order chi connectivity index (χ1) is 12.8. The molecule has 0 bridgehead atoms. The second-order valence-corrected chi connectivity index (χ2v) is 6.28. The number of carbonyl (C=O) groups is 1. The van der Waals surface area contributed by atoms with Gasteiger partial charge in [0.15, 0.2) is 0 Å². The number of likely N-dealkylation sites (tertiary alicyclic amines) is 1. The molecule has 2 aromatic heterocycles. The van der Waals surface area contributed by atoms with Gasteiger partial charge in [-0.3, -0.25) is 14.8 Å². The summed E-state index contributed by atoms with van der Waals surface area (Å²) in [5, 5.41) is 3.08. The van der Waals surface area contributed by atoms with Gasteiger partial charge < -0.3 is 15.1 Å². The molecule has 8 heteroatoms. The summed E-state index contributed by atoms with van der Waals surface area (Å²) in [5.41, 5.74) is 1.31. The molecule has 0 atom stereocenters. The van der Waals surface area contributed by atoms with E-state index >= 15 is 0 Å². The first-order valence-electron chi connectivity index (χ1n) is 9.08. The van der Waals surface area contributed by atoms with Crippen molar-refractivity contribution < 1.29 is 4.79 Å². The lowest BCUT2D eigenvalue weighted by Gasteiger charge is -2.24. The molecule has 3 heterocycles. The summed E-state index contributed by atoms with van der Waals surface area (Å²) < 4.78 is 0. The smallest absolute Gasteiger partial charge is 0.257 e. The summed E-state index contributed by atoms with van der Waals surface area (Å²) in [5.74, 6) is 0.444. The van der Waals surface area contributed by atoms with Crippen LogP contribution in [0.15, 0.2) is 31.0 Å². The maximum Gasteiger partial charge on any atom is 0.257 e. The Labute approximate surface area is 153 Å². The van der Waals surface area contributed by atoms with E-state index in [4.69, 9.17) is 0 Å². The summed E-state index contributed by atoms with van der Waals surface area (Å²) in [6, 6.07) is 0. The molecule has 0 aromatic carbocycles. The Kier molecular flexibility index (Phi) is 6.43. The molecular weight excluding hydrogens is 330 g/mol. The normalized spacial score (nSPS) is 14.3. The van der Waals surface area contributed by atoms with Gasteiger partial charge in [0.05, 0.1) is 24.0 Å². The highest BCUT2D eigenvalue weighted by molar-refractivity contribution is 5.93. The monoisotopic (exact) mass is 355 g/mol. The summed E-state index contributed by atoms with van der Waals surface area (Å²) in [4.78, 5) is 33.6. The van der Waals surface area contributed by atoms with Gasteiger partial charge in [-0.15, -0.1) is 0 Å². The third-order valence-electron chi connectivity index (χ3n) is 4.50. The molecule has 1 aliphatic rings. The molecule has 1 fully saturated rings. The molecule has 0 saturated carbocycles. The predicted molar refractivity (Wildman–Crippen MR) is 98.6 cm³/mol. The van der Waals surface area contributed by atoms with Crippen molar-refractivity contribution in [2.45, 2.75) is 26.3 Å². The van der Waals surface area contributed by atoms with Crippen LogP contribution in [0, 0.1) is 0 Å². The van der Waals surface area contributed by atoms with Gasteiger partial charge in [0.1, 0.15) is 0 Å². The molecule has 8 nitrogen and oxygen atoms in total. The average Bonchev–Trinajstić information content (AvgIpc) is 3.21. The molecule has 3 rings (SSSR count). The molecule has 1 aliphatic heterocycles. The van der Waals surface area contributed by atoms with Gasteiger partial charge in [-0.25, -0.2) is 9.97 Å². The van der Waals surface area contributed by atoms with Crippen LogP contribution in [-0.4, -0.2) is 68.4 Å². The van der Waals surface area contributed by atoms with Crippen molar-refractivity contribution in [2.24, 2.45) is 0 Å². The Morgan fingerprint density at radius 1 is 1.15 bits per heavy atom. The summed E-state index contributed by atoms with van der Waals surface area (Å²) in [7, 11) is 0. The molecule has 2 aromatic rings. The average molecular weight is 355 g/mol. The van der Waals surface area contributed by atoms with Gasteiger partial charge in [0, 0.05) is 44.4 Å². The maximum atomic E-state index is 12.7. The largest absolute Gasteiger partial charge is 0.349 e. The predicted octanol–water partition coefficient (Wildman–Crippen LogP) is 1.44. The third-order valence-corrected chi connectivity index (χ3v) is 4.50. The van der Waals surface area contributed by atoms with Crippen LogP contribution >= 0.6 is 0 Å². The molecule has 1 N–H and O–H groups in total. The standard InChI is InChI=1S/C18H25N7O/c1-2-25(10-9-24-7-3-4-8-24)17(26)15-11-21-18(22-12-15)23-14-16-13-19-5-6-20-16/h5-6,11-13H,2-4,7-10,14H2,1H3,(H,21,22,23). The van der Waals surface area contributed by atoms with Crippen LogP contribution in [0.1, 0.15) is 35.8 Å². The van der Waals surface area contributed by atoms with Gasteiger partial charge in [-0.05, 0) is 32.9 Å². The quantitative estimate of drug-likeness (QED) is 0.766. The highest BCUT2D eigenvalue weighted by Gasteiger charge is 2.18. The zero-order valence-electron chi connectivity index (χ0n) is 15.1. The van der Waals surface area contributed by atoms with E-state index in [9.17, 15) is 4.79 Å². The van der Waals surface area contributed by atoms with Crippen molar-refractivity contribution in [3.05, 3.63) is 42.2 Å². The van der Waals surface area contributed by atoms with Crippen molar-refractivity contribution in [2.75, 3.05) is 38.0 Å². The number of nitrogens with one attached hydrogen (secondary N) is 1. The van der Waals surface area contributed by atoms with E-state index < -0.39 is 0 Å². The fraction of sp³-hybridized carbons (Fsp3) is 0.500. The highest BCUT2D eigenvalue weighted by atomic mass is 16.2. The first kappa shape index (κ1) is 18.2. The lowest BCUT2D eigenvalue weighted by Crippen LogP contribution is -2.37. The minimum atomic E-state index is -0.0211. The molecule has 1 saturated heterocycles. The van der Waals surface area contributed by atoms with E-state index in [-0.39, 0.29) is 5.91 Å². The number of amides is 1. The van der Waals surface area contributed by atoms with Crippen LogP contribution in [0.2, 0.25) is 0 Å². The second-order valence-electron chi connectivity index (χ2n) is 6.28. The molecule has 0 spiro atoms. The number of carbonyl (C=O) groups excluding carboxylic acids is 1. The number of rotatable bonds is 8. The molecule has 0 unspecified atom stereocenters. The minimum Gasteiger partial charge on any atom is -0.349 e. The third kappa shape index (κ3) is 4.95. The Morgan fingerprint density at radius 3 is 2.58 bits per heavy atom. The molecular formula is C18H25N7O. The fourth-order valence-corrected chi connectivity index (χ4v) is 2.97. The lowest BCUT2D eigenvalue weighted by atomic mass is 10.3. The highest BCUT2D eigenvalue weighted by Crippen LogP contribution is 2.09. The maximum absolute atomic E-state index is 12.7. The second kappa shape index (κ2) is 9.19. The first-order valence-corrected chi connectivity index (χ1v) is 9.08. The number of likely N-dealkylation sites (N-methyl/N-ethyl adjacent to an activating group) is 1. The Morgan fingerprint density at radius 2 is 1.92 bits per heavy atom. The van der Waals surface area contributed by atoms with Crippen molar-refractivity contribution in [1.29, 1.82) is 0 Å². The zero-order chi connectivity index (χ0) is 18.2. The molecule has 1 amide bonds. The molecule has 0 aliphatic carbocycles. The van der Waals surface area contributed by atoms with Crippen molar-refractivity contribution in [3.63, 3.8) is 0 Å². The van der Waals surface area contributed by atoms with Crippen molar-refractivity contribution >= 4 is 11.9 Å². The van der Waals surface area contributed by atoms with Crippen LogP contribution < -0.4 is 5.32 Å². The lowest BCUT2D eigenvalue weighted by molar-refractivity contribution is 0.0749. The molecule has 0 radical (unpaired) electrons. The summed E-state index contributed by atoms with van der Waals surface area (Å²) in [6.07, 6.45) is 10.6. The fourth-order valence-electron chi connectivity index (χ4n) is 2.97. The topological polar surface area (TPSA) is 87.1 Å². The SMILES string of the molecule is CCN(CCN1CCCC1)C(=O)c1cnc(NCc2cnccn2)nc1. The Balaban J connectivity index is 1.53. The van der Waals surface area contributed by atoms with Crippen molar-refractivity contribution in [1.82, 2.24) is 29.7 Å². The van der Waals surface area contributed by atoms with Gasteiger partial charge in [0.2, 0.25) is 5.95 Å². The van der Waals surface area contributed by atoms with Crippen LogP contribution in [0.4, 0.5) is 5.95 Å². The van der Waals surface area contributed by atoms with Crippen LogP contribution in [-0.2, 0) is 6.54 Å². The van der Waals surface area contributed by atoms with E-state index in [1.807, 2.05) is 11.8 Å². The number of nitrogens with zero attached hydrogens (tertiary/aromatic N) is 6. The number of aromatic nitrogens is 4.